The summed E-state index contributed by atoms with van der Waals surface area (Å²) in [6.45, 7) is -1.47. The number of nitrogens with zero attached hydrogens (tertiary/aromatic N) is 5. The summed E-state index contributed by atoms with van der Waals surface area (Å²) in [4.78, 5) is 28.9. The standard InChI is InChI=1S/C24H21F3N10O/c25-24(26,27)10-29-22(38)15-9-37-19(20(28)30-11-31-37)18(15)12-1-3-14(4-2-12)33-23-34-16-7-8-17(32-13-5-6-13)35-21(16)36-23/h1-4,7-9,11,13H,5-6,10H2,(H,29,38)(H2,28,30,31)(H3,32,33,34,35,36). The van der Waals surface area contributed by atoms with Crippen molar-refractivity contribution in [1.82, 2.24) is 34.9 Å². The zero-order valence-electron chi connectivity index (χ0n) is 19.7. The van der Waals surface area contributed by atoms with Gasteiger partial charge in [-0.05, 0) is 42.7 Å². The van der Waals surface area contributed by atoms with Gasteiger partial charge in [0.05, 0.1) is 11.1 Å². The molecule has 0 atom stereocenters. The second-order valence-electron chi connectivity index (χ2n) is 8.93. The van der Waals surface area contributed by atoms with Gasteiger partial charge in [-0.25, -0.2) is 14.5 Å². The van der Waals surface area contributed by atoms with E-state index in [0.29, 0.717) is 40.0 Å². The van der Waals surface area contributed by atoms with Gasteiger partial charge in [0.1, 0.15) is 24.2 Å². The first-order valence-corrected chi connectivity index (χ1v) is 11.7. The van der Waals surface area contributed by atoms with Crippen molar-refractivity contribution >= 4 is 45.9 Å². The third kappa shape index (κ3) is 4.75. The lowest BCUT2D eigenvalue weighted by Gasteiger charge is -2.10. The van der Waals surface area contributed by atoms with Crippen LogP contribution in [-0.4, -0.2) is 54.2 Å². The zero-order valence-corrected chi connectivity index (χ0v) is 19.7. The molecule has 0 bridgehead atoms. The van der Waals surface area contributed by atoms with Crippen molar-refractivity contribution in [2.24, 2.45) is 0 Å². The van der Waals surface area contributed by atoms with E-state index in [-0.39, 0.29) is 11.4 Å². The number of H-pyrrole nitrogens is 1. The first-order chi connectivity index (χ1) is 18.2. The first kappa shape index (κ1) is 23.5. The maximum Gasteiger partial charge on any atom is 0.405 e. The summed E-state index contributed by atoms with van der Waals surface area (Å²) >= 11 is 0. The SMILES string of the molecule is Nc1ncnn2cc(C(=O)NCC(F)(F)F)c(-c3ccc(Nc4nc5nc(NC6CC6)ccc5[nH]4)cc3)c12. The zero-order chi connectivity index (χ0) is 26.4. The largest absolute Gasteiger partial charge is 0.405 e. The minimum atomic E-state index is -4.55. The van der Waals surface area contributed by atoms with Crippen LogP contribution in [0.25, 0.3) is 27.8 Å². The van der Waals surface area contributed by atoms with Gasteiger partial charge in [-0.2, -0.15) is 23.3 Å². The smallest absolute Gasteiger partial charge is 0.382 e. The van der Waals surface area contributed by atoms with Gasteiger partial charge >= 0.3 is 6.18 Å². The number of aromatic nitrogens is 6. The molecule has 5 aromatic rings. The maximum absolute atomic E-state index is 12.7. The quantitative estimate of drug-likeness (QED) is 0.216. The van der Waals surface area contributed by atoms with Crippen LogP contribution < -0.4 is 21.7 Å². The Balaban J connectivity index is 1.28. The molecule has 0 aliphatic heterocycles. The van der Waals surface area contributed by atoms with E-state index in [9.17, 15) is 18.0 Å². The molecule has 0 radical (unpaired) electrons. The maximum atomic E-state index is 12.7. The highest BCUT2D eigenvalue weighted by Gasteiger charge is 2.29. The van der Waals surface area contributed by atoms with Crippen molar-refractivity contribution < 1.29 is 18.0 Å². The topological polar surface area (TPSA) is 151 Å². The van der Waals surface area contributed by atoms with E-state index >= 15 is 0 Å². The third-order valence-corrected chi connectivity index (χ3v) is 6.01. The molecule has 4 aromatic heterocycles. The number of imidazole rings is 1. The van der Waals surface area contributed by atoms with Crippen molar-refractivity contribution in [3.63, 3.8) is 0 Å². The number of halogens is 3. The Morgan fingerprint density at radius 2 is 1.92 bits per heavy atom. The molecule has 0 saturated heterocycles. The van der Waals surface area contributed by atoms with E-state index in [4.69, 9.17) is 5.73 Å². The summed E-state index contributed by atoms with van der Waals surface area (Å²) in [6.07, 6.45) is 0.254. The lowest BCUT2D eigenvalue weighted by atomic mass is 10.0. The molecule has 1 aromatic carbocycles. The van der Waals surface area contributed by atoms with E-state index in [1.165, 1.54) is 17.0 Å². The van der Waals surface area contributed by atoms with E-state index in [2.05, 4.69) is 35.7 Å². The number of pyridine rings is 1. The number of hydrogen-bond donors (Lipinski definition) is 5. The summed E-state index contributed by atoms with van der Waals surface area (Å²) in [5.74, 6) is 0.440. The van der Waals surface area contributed by atoms with Crippen LogP contribution in [-0.2, 0) is 0 Å². The molecule has 38 heavy (non-hydrogen) atoms. The van der Waals surface area contributed by atoms with Crippen LogP contribution in [0.1, 0.15) is 23.2 Å². The Labute approximate surface area is 212 Å². The normalized spacial score (nSPS) is 13.7. The molecule has 1 aliphatic rings. The van der Waals surface area contributed by atoms with Gasteiger partial charge in [0.15, 0.2) is 11.5 Å². The summed E-state index contributed by atoms with van der Waals surface area (Å²) in [7, 11) is 0. The van der Waals surface area contributed by atoms with E-state index in [0.717, 1.165) is 24.2 Å². The highest BCUT2D eigenvalue weighted by atomic mass is 19.4. The van der Waals surface area contributed by atoms with Crippen molar-refractivity contribution in [2.75, 3.05) is 22.9 Å². The lowest BCUT2D eigenvalue weighted by molar-refractivity contribution is -0.123. The van der Waals surface area contributed by atoms with Gasteiger partial charge in [0.25, 0.3) is 5.91 Å². The number of carbonyl (C=O) groups is 1. The van der Waals surface area contributed by atoms with Crippen molar-refractivity contribution in [3.8, 4) is 11.1 Å². The number of carbonyl (C=O) groups excluding carboxylic acids is 1. The number of hydrogen-bond acceptors (Lipinski definition) is 8. The molecular formula is C24H21F3N10O. The predicted molar refractivity (Wildman–Crippen MR) is 135 cm³/mol. The number of amides is 1. The summed E-state index contributed by atoms with van der Waals surface area (Å²) in [5, 5.41) is 12.5. The predicted octanol–water partition coefficient (Wildman–Crippen LogP) is 3.86. The van der Waals surface area contributed by atoms with Crippen molar-refractivity contribution in [3.05, 3.63) is 54.5 Å². The number of anilines is 4. The Hall–Kier alpha value is -4.88. The molecule has 1 fully saturated rings. The molecule has 1 saturated carbocycles. The summed E-state index contributed by atoms with van der Waals surface area (Å²) in [5.41, 5.74) is 9.22. The fraction of sp³-hybridized carbons (Fsp3) is 0.208. The molecule has 11 nitrogen and oxygen atoms in total. The number of benzene rings is 1. The van der Waals surface area contributed by atoms with Crippen LogP contribution in [0.2, 0.25) is 0 Å². The average molecular weight is 522 g/mol. The summed E-state index contributed by atoms with van der Waals surface area (Å²) in [6, 6.07) is 11.2. The minimum absolute atomic E-state index is 0.0128. The van der Waals surface area contributed by atoms with Gasteiger partial charge in [-0.15, -0.1) is 0 Å². The highest BCUT2D eigenvalue weighted by molar-refractivity contribution is 6.07. The molecule has 6 N–H and O–H groups in total. The number of rotatable bonds is 7. The second kappa shape index (κ2) is 8.90. The fourth-order valence-corrected chi connectivity index (χ4v) is 4.10. The third-order valence-electron chi connectivity index (χ3n) is 6.01. The molecule has 6 rings (SSSR count). The van der Waals surface area contributed by atoms with Gasteiger partial charge in [-0.1, -0.05) is 12.1 Å². The van der Waals surface area contributed by atoms with Crippen LogP contribution in [0.3, 0.4) is 0 Å². The van der Waals surface area contributed by atoms with Crippen LogP contribution in [0, 0.1) is 0 Å². The Bertz CT molecular complexity index is 1650. The van der Waals surface area contributed by atoms with Crippen molar-refractivity contribution in [2.45, 2.75) is 25.1 Å². The van der Waals surface area contributed by atoms with Gasteiger partial charge in [0.2, 0.25) is 5.95 Å². The first-order valence-electron chi connectivity index (χ1n) is 11.7. The number of nitrogens with one attached hydrogen (secondary N) is 4. The van der Waals surface area contributed by atoms with Gasteiger partial charge < -0.3 is 26.7 Å². The number of nitrogens with two attached hydrogens (primary N) is 1. The molecule has 4 heterocycles. The second-order valence-corrected chi connectivity index (χ2v) is 8.93. The van der Waals surface area contributed by atoms with Crippen molar-refractivity contribution in [1.29, 1.82) is 0 Å². The monoisotopic (exact) mass is 522 g/mol. The van der Waals surface area contributed by atoms with E-state index in [1.807, 2.05) is 17.4 Å². The van der Waals surface area contributed by atoms with E-state index < -0.39 is 18.6 Å². The lowest BCUT2D eigenvalue weighted by Crippen LogP contribution is -2.33. The molecule has 1 amide bonds. The molecule has 194 valence electrons. The Morgan fingerprint density at radius 3 is 2.66 bits per heavy atom. The molecule has 14 heteroatoms. The molecule has 0 unspecified atom stereocenters. The van der Waals surface area contributed by atoms with Gasteiger partial charge in [-0.3, -0.25) is 4.79 Å². The number of nitrogen functional groups attached to an aromatic ring is 1. The fourth-order valence-electron chi connectivity index (χ4n) is 4.10. The van der Waals surface area contributed by atoms with Crippen LogP contribution in [0.15, 0.2) is 48.9 Å². The Kier molecular flexibility index (Phi) is 5.51. The van der Waals surface area contributed by atoms with Crippen LogP contribution in [0.4, 0.5) is 36.4 Å². The van der Waals surface area contributed by atoms with Crippen LogP contribution in [0.5, 0.6) is 0 Å². The van der Waals surface area contributed by atoms with Gasteiger partial charge in [0, 0.05) is 23.5 Å². The Morgan fingerprint density at radius 1 is 1.13 bits per heavy atom. The molecule has 1 aliphatic carbocycles. The minimum Gasteiger partial charge on any atom is -0.382 e. The highest BCUT2D eigenvalue weighted by Crippen LogP contribution is 2.33. The average Bonchev–Trinajstić information content (AvgIpc) is 3.46. The number of aromatic amines is 1. The molecule has 0 spiro atoms. The number of alkyl halides is 3. The molecular weight excluding hydrogens is 501 g/mol. The number of fused-ring (bicyclic) bond motifs is 2. The summed E-state index contributed by atoms with van der Waals surface area (Å²) < 4.78 is 39.4. The van der Waals surface area contributed by atoms with E-state index in [1.54, 1.807) is 24.3 Å². The van der Waals surface area contributed by atoms with Crippen LogP contribution >= 0.6 is 0 Å².